The number of rotatable bonds is 7. The molecule has 0 N–H and O–H groups in total. The van der Waals surface area contributed by atoms with Gasteiger partial charge in [0.05, 0.1) is 28.3 Å². The molecule has 1 aliphatic rings. The normalized spacial score (nSPS) is 14.3. The maximum absolute atomic E-state index is 13.5. The quantitative estimate of drug-likeness (QED) is 0.406. The van der Waals surface area contributed by atoms with Gasteiger partial charge in [0.2, 0.25) is 5.91 Å². The van der Waals surface area contributed by atoms with Gasteiger partial charge in [0.1, 0.15) is 12.3 Å². The fourth-order valence-electron chi connectivity index (χ4n) is 4.16. The standard InChI is InChI=1S/C26H25ClF3N3O4S/c1-37-24-11-10-21(17-23(24)27)33(38(35,36)22-8-3-2-4-9-22)18-25(34)32-14-12-31(13-15-32)20-7-5-6-19(16-20)26(28,29)30/h2-11,16-17H,12-15,18H2,1H3. The van der Waals surface area contributed by atoms with Gasteiger partial charge in [0.15, 0.2) is 0 Å². The number of alkyl halides is 3. The van der Waals surface area contributed by atoms with E-state index in [0.717, 1.165) is 16.4 Å². The number of sulfonamides is 1. The number of piperazine rings is 1. The Kier molecular flexibility index (Phi) is 8.08. The van der Waals surface area contributed by atoms with Gasteiger partial charge in [-0.25, -0.2) is 8.42 Å². The smallest absolute Gasteiger partial charge is 0.416 e. The molecule has 1 aliphatic heterocycles. The summed E-state index contributed by atoms with van der Waals surface area (Å²) >= 11 is 6.25. The van der Waals surface area contributed by atoms with E-state index in [1.54, 1.807) is 29.2 Å². The van der Waals surface area contributed by atoms with E-state index in [1.807, 2.05) is 0 Å². The lowest BCUT2D eigenvalue weighted by Gasteiger charge is -2.37. The predicted molar refractivity (Wildman–Crippen MR) is 139 cm³/mol. The Labute approximate surface area is 224 Å². The number of carbonyl (C=O) groups is 1. The van der Waals surface area contributed by atoms with Crippen molar-refractivity contribution < 1.29 is 31.1 Å². The second-order valence-electron chi connectivity index (χ2n) is 8.56. The van der Waals surface area contributed by atoms with Gasteiger partial charge in [-0.05, 0) is 48.5 Å². The summed E-state index contributed by atoms with van der Waals surface area (Å²) in [6.45, 7) is 0.554. The van der Waals surface area contributed by atoms with Crippen LogP contribution in [0.1, 0.15) is 5.56 Å². The Balaban J connectivity index is 1.53. The van der Waals surface area contributed by atoms with Crippen molar-refractivity contribution in [3.63, 3.8) is 0 Å². The number of halogens is 4. The number of carbonyl (C=O) groups excluding carboxylic acids is 1. The number of anilines is 2. The number of nitrogens with zero attached hydrogens (tertiary/aromatic N) is 3. The first-order chi connectivity index (χ1) is 18.0. The third-order valence-electron chi connectivity index (χ3n) is 6.20. The second-order valence-corrected chi connectivity index (χ2v) is 10.8. The van der Waals surface area contributed by atoms with E-state index in [4.69, 9.17) is 16.3 Å². The van der Waals surface area contributed by atoms with E-state index in [2.05, 4.69) is 0 Å². The third kappa shape index (κ3) is 5.99. The van der Waals surface area contributed by atoms with Crippen molar-refractivity contribution in [3.8, 4) is 5.75 Å². The summed E-state index contributed by atoms with van der Waals surface area (Å²) in [5, 5.41) is 0.181. The summed E-state index contributed by atoms with van der Waals surface area (Å²) in [6, 6.07) is 17.2. The Bertz CT molecular complexity index is 1400. The van der Waals surface area contributed by atoms with Crippen molar-refractivity contribution in [3.05, 3.63) is 83.4 Å². The zero-order valence-corrected chi connectivity index (χ0v) is 21.9. The molecule has 1 heterocycles. The van der Waals surface area contributed by atoms with Crippen LogP contribution >= 0.6 is 11.6 Å². The molecule has 12 heteroatoms. The summed E-state index contributed by atoms with van der Waals surface area (Å²) in [4.78, 5) is 16.6. The van der Waals surface area contributed by atoms with E-state index in [-0.39, 0.29) is 28.7 Å². The molecule has 0 aromatic heterocycles. The summed E-state index contributed by atoms with van der Waals surface area (Å²) in [7, 11) is -2.69. The molecule has 0 unspecified atom stereocenters. The highest BCUT2D eigenvalue weighted by atomic mass is 35.5. The fourth-order valence-corrected chi connectivity index (χ4v) is 5.84. The summed E-state index contributed by atoms with van der Waals surface area (Å²) in [6.07, 6.45) is -4.45. The molecular weight excluding hydrogens is 543 g/mol. The van der Waals surface area contributed by atoms with Gasteiger partial charge >= 0.3 is 6.18 Å². The van der Waals surface area contributed by atoms with Crippen LogP contribution < -0.4 is 13.9 Å². The van der Waals surface area contributed by atoms with Crippen molar-refractivity contribution in [1.29, 1.82) is 0 Å². The van der Waals surface area contributed by atoms with Crippen LogP contribution in [0.3, 0.4) is 0 Å². The minimum atomic E-state index is -4.45. The number of hydrogen-bond donors (Lipinski definition) is 0. The number of benzene rings is 3. The molecule has 4 rings (SSSR count). The van der Waals surface area contributed by atoms with Crippen LogP contribution in [0.15, 0.2) is 77.7 Å². The van der Waals surface area contributed by atoms with Crippen molar-refractivity contribution in [2.45, 2.75) is 11.1 Å². The fraction of sp³-hybridized carbons (Fsp3) is 0.269. The van der Waals surface area contributed by atoms with E-state index in [1.165, 1.54) is 48.4 Å². The number of ether oxygens (including phenoxy) is 1. The molecule has 0 atom stereocenters. The number of hydrogen-bond acceptors (Lipinski definition) is 5. The minimum Gasteiger partial charge on any atom is -0.495 e. The molecule has 0 aliphatic carbocycles. The highest BCUT2D eigenvalue weighted by Crippen LogP contribution is 2.33. The van der Waals surface area contributed by atoms with E-state index < -0.39 is 34.2 Å². The van der Waals surface area contributed by atoms with Crippen LogP contribution in [0.4, 0.5) is 24.5 Å². The molecule has 202 valence electrons. The lowest BCUT2D eigenvalue weighted by Crippen LogP contribution is -2.52. The number of amides is 1. The molecule has 3 aromatic carbocycles. The number of methoxy groups -OCH3 is 1. The second kappa shape index (κ2) is 11.1. The lowest BCUT2D eigenvalue weighted by atomic mass is 10.1. The molecule has 1 amide bonds. The molecule has 0 saturated carbocycles. The lowest BCUT2D eigenvalue weighted by molar-refractivity contribution is -0.137. The van der Waals surface area contributed by atoms with Gasteiger partial charge in [0.25, 0.3) is 10.0 Å². The van der Waals surface area contributed by atoms with Gasteiger partial charge in [0, 0.05) is 31.9 Å². The van der Waals surface area contributed by atoms with E-state index in [9.17, 15) is 26.4 Å². The Morgan fingerprint density at radius 3 is 2.26 bits per heavy atom. The average Bonchev–Trinajstić information content (AvgIpc) is 2.91. The van der Waals surface area contributed by atoms with Crippen molar-refractivity contribution >= 4 is 38.9 Å². The molecule has 1 fully saturated rings. The maximum Gasteiger partial charge on any atom is 0.416 e. The first-order valence-corrected chi connectivity index (χ1v) is 13.4. The molecule has 7 nitrogen and oxygen atoms in total. The average molecular weight is 568 g/mol. The summed E-state index contributed by atoms with van der Waals surface area (Å²) < 4.78 is 72.6. The van der Waals surface area contributed by atoms with Crippen LogP contribution in [0.5, 0.6) is 5.75 Å². The van der Waals surface area contributed by atoms with Gasteiger partial charge in [-0.2, -0.15) is 13.2 Å². The van der Waals surface area contributed by atoms with Crippen LogP contribution in [0.25, 0.3) is 0 Å². The monoisotopic (exact) mass is 567 g/mol. The van der Waals surface area contributed by atoms with Gasteiger partial charge < -0.3 is 14.5 Å². The SMILES string of the molecule is COc1ccc(N(CC(=O)N2CCN(c3cccc(C(F)(F)F)c3)CC2)S(=O)(=O)c2ccccc2)cc1Cl. The van der Waals surface area contributed by atoms with Crippen LogP contribution in [0.2, 0.25) is 5.02 Å². The van der Waals surface area contributed by atoms with Crippen LogP contribution in [0, 0.1) is 0 Å². The Morgan fingerprint density at radius 1 is 0.974 bits per heavy atom. The molecular formula is C26H25ClF3N3O4S. The minimum absolute atomic E-state index is 0.00843. The molecule has 38 heavy (non-hydrogen) atoms. The highest BCUT2D eigenvalue weighted by molar-refractivity contribution is 7.92. The molecule has 0 spiro atoms. The topological polar surface area (TPSA) is 70.2 Å². The maximum atomic E-state index is 13.5. The van der Waals surface area contributed by atoms with Crippen LogP contribution in [-0.4, -0.2) is 59.1 Å². The van der Waals surface area contributed by atoms with E-state index in [0.29, 0.717) is 24.5 Å². The third-order valence-corrected chi connectivity index (χ3v) is 8.29. The van der Waals surface area contributed by atoms with Crippen LogP contribution in [-0.2, 0) is 21.0 Å². The first kappa shape index (κ1) is 27.6. The summed E-state index contributed by atoms with van der Waals surface area (Å²) in [5.41, 5.74) is -0.142. The first-order valence-electron chi connectivity index (χ1n) is 11.6. The van der Waals surface area contributed by atoms with Gasteiger partial charge in [-0.1, -0.05) is 35.9 Å². The van der Waals surface area contributed by atoms with E-state index >= 15 is 0 Å². The van der Waals surface area contributed by atoms with Gasteiger partial charge in [-0.15, -0.1) is 0 Å². The highest BCUT2D eigenvalue weighted by Gasteiger charge is 2.33. The molecule has 3 aromatic rings. The van der Waals surface area contributed by atoms with Gasteiger partial charge in [-0.3, -0.25) is 9.10 Å². The zero-order chi connectivity index (χ0) is 27.5. The largest absolute Gasteiger partial charge is 0.495 e. The molecule has 0 bridgehead atoms. The molecule has 0 radical (unpaired) electrons. The van der Waals surface area contributed by atoms with Crippen molar-refractivity contribution in [2.24, 2.45) is 0 Å². The van der Waals surface area contributed by atoms with Crippen molar-refractivity contribution in [1.82, 2.24) is 4.90 Å². The Morgan fingerprint density at radius 2 is 1.66 bits per heavy atom. The zero-order valence-electron chi connectivity index (χ0n) is 20.4. The molecule has 1 saturated heterocycles. The Hall–Kier alpha value is -3.44. The van der Waals surface area contributed by atoms with Crippen molar-refractivity contribution in [2.75, 3.05) is 49.0 Å². The predicted octanol–water partition coefficient (Wildman–Crippen LogP) is 4.91. The summed E-state index contributed by atoms with van der Waals surface area (Å²) in [5.74, 6) is -0.0929.